The number of ether oxygens (including phenoxy) is 5. The molecule has 1 unspecified atom stereocenters. The SMILES string of the molecule is C=C1CCO[C@]12CC[C@H]1[C@@H]3CC[C@@]4(O)CC5(CCC4=C3[C@@H](c3ccc(OC4CCCCO4)cc3)C[C@@]12C)OCCO5.S.S.S. The van der Waals surface area contributed by atoms with Crippen molar-refractivity contribution in [3.8, 4) is 5.75 Å². The Kier molecular flexibility index (Phi) is 10.1. The van der Waals surface area contributed by atoms with Crippen molar-refractivity contribution in [2.75, 3.05) is 26.4 Å². The molecule has 44 heavy (non-hydrogen) atoms. The first kappa shape index (κ1) is 34.7. The standard InChI is InChI=1S/C35H46O6.3H2S/c1-23-13-18-40-35(23)16-12-28-26-10-14-33(36)22-34(38-19-20-39-34)15-11-29(33)31(26)27(21-32(28,35)2)24-6-8-25(9-7-24)41-30-5-3-4-17-37-30;;;/h6-9,26-28,30,36H,1,3-5,10-22H2,2H3;3*1H2/t26-,27+,28-,30?,32-,33+,35+;;;/m0.../s1. The van der Waals surface area contributed by atoms with Gasteiger partial charge in [0.25, 0.3) is 0 Å². The summed E-state index contributed by atoms with van der Waals surface area (Å²) in [5, 5.41) is 12.3. The van der Waals surface area contributed by atoms with Crippen LogP contribution in [-0.2, 0) is 18.9 Å². The summed E-state index contributed by atoms with van der Waals surface area (Å²) in [4.78, 5) is 0. The number of hydrogen-bond acceptors (Lipinski definition) is 6. The average molecular weight is 665 g/mol. The normalized spacial score (nSPS) is 40.4. The van der Waals surface area contributed by atoms with Gasteiger partial charge in [0.1, 0.15) is 5.75 Å². The van der Waals surface area contributed by atoms with Crippen molar-refractivity contribution in [3.05, 3.63) is 53.1 Å². The molecule has 1 aromatic rings. The molecule has 7 aliphatic rings. The number of hydrogen-bond donors (Lipinski definition) is 1. The number of aliphatic hydroxyl groups is 1. The molecule has 8 rings (SSSR count). The molecule has 0 bridgehead atoms. The predicted octanol–water partition coefficient (Wildman–Crippen LogP) is 6.91. The van der Waals surface area contributed by atoms with Gasteiger partial charge in [-0.2, -0.15) is 40.5 Å². The molecule has 6 fully saturated rings. The minimum atomic E-state index is -0.856. The molecular weight excluding hydrogens is 613 g/mol. The fourth-order valence-electron chi connectivity index (χ4n) is 10.5. The molecule has 3 aliphatic heterocycles. The molecule has 0 radical (unpaired) electrons. The third-order valence-corrected chi connectivity index (χ3v) is 12.4. The largest absolute Gasteiger partial charge is 0.465 e. The lowest BCUT2D eigenvalue weighted by Crippen LogP contribution is -2.55. The van der Waals surface area contributed by atoms with Crippen molar-refractivity contribution in [1.82, 2.24) is 0 Å². The smallest absolute Gasteiger partial charge is 0.199 e. The van der Waals surface area contributed by atoms with Crippen LogP contribution in [0.5, 0.6) is 5.75 Å². The molecule has 0 aromatic heterocycles. The third kappa shape index (κ3) is 5.24. The maximum Gasteiger partial charge on any atom is 0.199 e. The van der Waals surface area contributed by atoms with E-state index < -0.39 is 11.4 Å². The Bertz CT molecular complexity index is 1240. The highest BCUT2D eigenvalue weighted by Gasteiger charge is 2.67. The topological polar surface area (TPSA) is 66.4 Å². The Labute approximate surface area is 284 Å². The van der Waals surface area contributed by atoms with Gasteiger partial charge >= 0.3 is 0 Å². The van der Waals surface area contributed by atoms with Crippen molar-refractivity contribution in [2.45, 2.75) is 113 Å². The van der Waals surface area contributed by atoms with Gasteiger partial charge in [-0.05, 0) is 98.5 Å². The highest BCUT2D eigenvalue weighted by atomic mass is 32.1. The molecule has 0 amide bonds. The van der Waals surface area contributed by atoms with Crippen molar-refractivity contribution >= 4 is 40.5 Å². The second-order valence-electron chi connectivity index (χ2n) is 14.2. The average Bonchev–Trinajstić information content (AvgIpc) is 3.67. The highest BCUT2D eigenvalue weighted by molar-refractivity contribution is 7.59. The fourth-order valence-corrected chi connectivity index (χ4v) is 10.5. The molecular formula is C35H52O6S3. The molecule has 6 nitrogen and oxygen atoms in total. The minimum absolute atomic E-state index is 0. The van der Waals surface area contributed by atoms with E-state index in [1.807, 2.05) is 0 Å². The summed E-state index contributed by atoms with van der Waals surface area (Å²) in [5.41, 5.74) is 4.37. The fraction of sp³-hybridized carbons (Fsp3) is 0.714. The lowest BCUT2D eigenvalue weighted by atomic mass is 9.49. The van der Waals surface area contributed by atoms with Crippen molar-refractivity contribution < 1.29 is 28.8 Å². The van der Waals surface area contributed by atoms with Crippen molar-refractivity contribution in [2.24, 2.45) is 17.3 Å². The zero-order valence-electron chi connectivity index (χ0n) is 26.1. The lowest BCUT2D eigenvalue weighted by Gasteiger charge is -2.58. The van der Waals surface area contributed by atoms with E-state index in [9.17, 15) is 5.11 Å². The Morgan fingerprint density at radius 3 is 2.32 bits per heavy atom. The molecule has 246 valence electrons. The van der Waals surface area contributed by atoms with Crippen LogP contribution in [0.3, 0.4) is 0 Å². The molecule has 2 spiro atoms. The summed E-state index contributed by atoms with van der Waals surface area (Å²) in [6, 6.07) is 8.79. The van der Waals surface area contributed by atoms with Gasteiger partial charge in [-0.3, -0.25) is 0 Å². The summed E-state index contributed by atoms with van der Waals surface area (Å²) in [6.45, 7) is 9.90. The van der Waals surface area contributed by atoms with Gasteiger partial charge in [0, 0.05) is 30.6 Å². The van der Waals surface area contributed by atoms with Gasteiger partial charge < -0.3 is 28.8 Å². The third-order valence-electron chi connectivity index (χ3n) is 12.4. The first-order chi connectivity index (χ1) is 19.8. The Morgan fingerprint density at radius 1 is 0.864 bits per heavy atom. The molecule has 1 N–H and O–H groups in total. The number of fused-ring (bicyclic) bond motifs is 5. The second-order valence-corrected chi connectivity index (χ2v) is 14.2. The van der Waals surface area contributed by atoms with Gasteiger partial charge in [-0.25, -0.2) is 0 Å². The van der Waals surface area contributed by atoms with Gasteiger partial charge in [-0.15, -0.1) is 0 Å². The highest BCUT2D eigenvalue weighted by Crippen LogP contribution is 2.70. The second kappa shape index (κ2) is 12.8. The van der Waals surface area contributed by atoms with E-state index in [4.69, 9.17) is 23.7 Å². The molecule has 4 aliphatic carbocycles. The maximum absolute atomic E-state index is 12.3. The summed E-state index contributed by atoms with van der Waals surface area (Å²) in [5.74, 6) is 1.49. The molecule has 3 saturated carbocycles. The lowest BCUT2D eigenvalue weighted by molar-refractivity contribution is -0.208. The monoisotopic (exact) mass is 664 g/mol. The van der Waals surface area contributed by atoms with E-state index in [1.54, 1.807) is 0 Å². The number of allylic oxidation sites excluding steroid dienone is 1. The van der Waals surface area contributed by atoms with Crippen LogP contribution in [0.4, 0.5) is 0 Å². The zero-order chi connectivity index (χ0) is 27.9. The Hall–Kier alpha value is -0.650. The minimum Gasteiger partial charge on any atom is -0.465 e. The summed E-state index contributed by atoms with van der Waals surface area (Å²) in [7, 11) is 0. The zero-order valence-corrected chi connectivity index (χ0v) is 29.1. The van der Waals surface area contributed by atoms with Gasteiger partial charge in [0.05, 0.1) is 37.6 Å². The first-order valence-corrected chi connectivity index (χ1v) is 16.3. The van der Waals surface area contributed by atoms with Crippen LogP contribution in [0, 0.1) is 17.3 Å². The predicted molar refractivity (Wildman–Crippen MR) is 186 cm³/mol. The van der Waals surface area contributed by atoms with Crippen LogP contribution in [0.1, 0.15) is 95.5 Å². The van der Waals surface area contributed by atoms with E-state index in [0.717, 1.165) is 83.2 Å². The Balaban J connectivity index is 0.00000128. The Morgan fingerprint density at radius 2 is 1.64 bits per heavy atom. The summed E-state index contributed by atoms with van der Waals surface area (Å²) in [6.07, 6.45) is 11.3. The maximum atomic E-state index is 12.3. The molecule has 9 heteroatoms. The summed E-state index contributed by atoms with van der Waals surface area (Å²) < 4.78 is 31.0. The van der Waals surface area contributed by atoms with Gasteiger partial charge in [0.2, 0.25) is 0 Å². The van der Waals surface area contributed by atoms with Crippen LogP contribution in [0.15, 0.2) is 47.6 Å². The van der Waals surface area contributed by atoms with E-state index in [0.29, 0.717) is 31.5 Å². The van der Waals surface area contributed by atoms with E-state index in [-0.39, 0.29) is 63.7 Å². The number of rotatable bonds is 3. The van der Waals surface area contributed by atoms with Crippen LogP contribution in [0.2, 0.25) is 0 Å². The van der Waals surface area contributed by atoms with Crippen LogP contribution < -0.4 is 4.74 Å². The molecule has 3 heterocycles. The van der Waals surface area contributed by atoms with Crippen molar-refractivity contribution in [3.63, 3.8) is 0 Å². The number of benzene rings is 1. The van der Waals surface area contributed by atoms with E-state index in [2.05, 4.69) is 37.8 Å². The van der Waals surface area contributed by atoms with Crippen LogP contribution in [-0.4, -0.2) is 54.8 Å². The first-order valence-electron chi connectivity index (χ1n) is 16.3. The quantitative estimate of drug-likeness (QED) is 0.354. The van der Waals surface area contributed by atoms with Gasteiger partial charge in [-0.1, -0.05) is 31.2 Å². The molecule has 3 saturated heterocycles. The molecule has 1 aromatic carbocycles. The van der Waals surface area contributed by atoms with Crippen LogP contribution in [0.25, 0.3) is 0 Å². The summed E-state index contributed by atoms with van der Waals surface area (Å²) >= 11 is 0. The van der Waals surface area contributed by atoms with Crippen LogP contribution >= 0.6 is 40.5 Å². The van der Waals surface area contributed by atoms with E-state index >= 15 is 0 Å². The van der Waals surface area contributed by atoms with E-state index in [1.165, 1.54) is 28.7 Å². The van der Waals surface area contributed by atoms with Crippen molar-refractivity contribution in [1.29, 1.82) is 0 Å². The molecule has 7 atom stereocenters. The van der Waals surface area contributed by atoms with Gasteiger partial charge in [0.15, 0.2) is 12.1 Å².